The number of hydrogen-bond donors (Lipinski definition) is 0. The molecular weight excluding hydrogens is 640 g/mol. The number of tetrazole rings is 1. The lowest BCUT2D eigenvalue weighted by molar-refractivity contribution is -0.668. The maximum absolute atomic E-state index is 12.0. The van der Waals surface area contributed by atoms with Gasteiger partial charge >= 0.3 is 5.69 Å². The summed E-state index contributed by atoms with van der Waals surface area (Å²) in [7, 11) is 0. The second kappa shape index (κ2) is 14.4. The third-order valence-corrected chi connectivity index (χ3v) is 8.94. The van der Waals surface area contributed by atoms with Gasteiger partial charge in [-0.1, -0.05) is 151 Å². The number of nitro groups is 1. The molecule has 252 valence electrons. The van der Waals surface area contributed by atoms with E-state index in [1.807, 2.05) is 115 Å². The highest BCUT2D eigenvalue weighted by Crippen LogP contribution is 2.43. The molecule has 0 aliphatic carbocycles. The van der Waals surface area contributed by atoms with Crippen LogP contribution in [0.25, 0.3) is 22.5 Å². The first-order valence-electron chi connectivity index (χ1n) is 16.6. The van der Waals surface area contributed by atoms with Crippen LogP contribution in [0, 0.1) is 15.3 Å². The Hall–Kier alpha value is -6.75. The van der Waals surface area contributed by atoms with Crippen molar-refractivity contribution < 1.29 is 9.77 Å². The largest absolute Gasteiger partial charge is 0.594 e. The van der Waals surface area contributed by atoms with Gasteiger partial charge in [-0.15, -0.1) is 5.10 Å². The van der Waals surface area contributed by atoms with E-state index in [4.69, 9.17) is 5.21 Å². The first-order chi connectivity index (χ1) is 25.0. The van der Waals surface area contributed by atoms with E-state index in [2.05, 4.69) is 51.8 Å². The number of nitrogens with zero attached hydrogens (tertiary/aromatic N) is 8. The lowest BCUT2D eigenvalue weighted by atomic mass is 9.77. The molecule has 0 amide bonds. The van der Waals surface area contributed by atoms with Crippen molar-refractivity contribution in [1.82, 2.24) is 25.3 Å². The third kappa shape index (κ3) is 6.28. The number of rotatable bonds is 12. The fraction of sp³-hybridized carbons (Fsp3) is 0.125. The molecule has 0 aliphatic heterocycles. The minimum absolute atomic E-state index is 0.0411. The van der Waals surface area contributed by atoms with Crippen molar-refractivity contribution in [3.05, 3.63) is 189 Å². The Morgan fingerprint density at radius 2 is 1.29 bits per heavy atom. The Morgan fingerprint density at radius 1 is 0.745 bits per heavy atom. The summed E-state index contributed by atoms with van der Waals surface area (Å²) < 4.78 is 1.92. The van der Waals surface area contributed by atoms with Gasteiger partial charge in [-0.25, -0.2) is 4.68 Å². The van der Waals surface area contributed by atoms with Crippen LogP contribution in [0.3, 0.4) is 0 Å². The zero-order valence-corrected chi connectivity index (χ0v) is 27.9. The fourth-order valence-corrected chi connectivity index (χ4v) is 6.71. The zero-order chi connectivity index (χ0) is 35.2. The predicted molar refractivity (Wildman–Crippen MR) is 194 cm³/mol. The molecule has 0 unspecified atom stereocenters. The van der Waals surface area contributed by atoms with Gasteiger partial charge in [0.1, 0.15) is 5.54 Å². The summed E-state index contributed by atoms with van der Waals surface area (Å²) in [6.07, 6.45) is 1.75. The molecule has 5 aromatic carbocycles. The van der Waals surface area contributed by atoms with E-state index in [9.17, 15) is 15.3 Å². The standard InChI is InChI=1S/C40H34N8O3/c1-2-27-45(39-37(48(50)51)26-28-46(49)42-39)29-30-22-24-31(25-23-30)35-20-12-13-21-36(35)38-41-43-44-47(38)40(32-14-6-3-7-15-32,33-16-8-4-9-17-33)34-18-10-5-11-19-34/h3-26,28H,2,27,29H2,1H3. The average Bonchev–Trinajstić information content (AvgIpc) is 3.66. The smallest absolute Gasteiger partial charge is 0.323 e. The van der Waals surface area contributed by atoms with E-state index in [1.165, 1.54) is 6.07 Å². The van der Waals surface area contributed by atoms with E-state index < -0.39 is 10.5 Å². The second-order valence-electron chi connectivity index (χ2n) is 12.1. The molecule has 0 N–H and O–H groups in total. The SMILES string of the molecule is CCCN(Cc1ccc(-c2ccccc2-c2nnnn2C(c2ccccc2)(c2ccccc2)c2ccccc2)cc1)c1n[n+]([O-])ccc1[N+](=O)[O-]. The van der Waals surface area contributed by atoms with Crippen molar-refractivity contribution in [3.8, 4) is 22.5 Å². The zero-order valence-electron chi connectivity index (χ0n) is 27.9. The van der Waals surface area contributed by atoms with Gasteiger partial charge in [0.15, 0.2) is 5.82 Å². The van der Waals surface area contributed by atoms with Crippen LogP contribution in [0.4, 0.5) is 11.5 Å². The van der Waals surface area contributed by atoms with Crippen LogP contribution in [-0.2, 0) is 12.1 Å². The Bertz CT molecular complexity index is 2150. The fourth-order valence-electron chi connectivity index (χ4n) is 6.71. The van der Waals surface area contributed by atoms with E-state index >= 15 is 0 Å². The lowest BCUT2D eigenvalue weighted by Crippen LogP contribution is -2.39. The number of hydrogen-bond acceptors (Lipinski definition) is 8. The highest BCUT2D eigenvalue weighted by Gasteiger charge is 2.42. The summed E-state index contributed by atoms with van der Waals surface area (Å²) >= 11 is 0. The van der Waals surface area contributed by atoms with Crippen molar-refractivity contribution in [2.45, 2.75) is 25.4 Å². The summed E-state index contributed by atoms with van der Waals surface area (Å²) in [5.74, 6) is 0.632. The number of benzene rings is 5. The maximum atomic E-state index is 12.0. The molecule has 11 heteroatoms. The van der Waals surface area contributed by atoms with Crippen LogP contribution in [-0.4, -0.2) is 36.8 Å². The van der Waals surface area contributed by atoms with Gasteiger partial charge in [0.25, 0.3) is 5.82 Å². The molecule has 0 radical (unpaired) electrons. The van der Waals surface area contributed by atoms with E-state index in [0.29, 0.717) is 30.2 Å². The van der Waals surface area contributed by atoms with Crippen LogP contribution in [0.2, 0.25) is 0 Å². The molecule has 0 fully saturated rings. The Kier molecular flexibility index (Phi) is 9.25. The van der Waals surface area contributed by atoms with Crippen LogP contribution in [0.1, 0.15) is 35.6 Å². The molecule has 11 nitrogen and oxygen atoms in total. The van der Waals surface area contributed by atoms with Crippen molar-refractivity contribution in [2.75, 3.05) is 11.4 Å². The quantitative estimate of drug-likeness (QED) is 0.0437. The number of anilines is 1. The van der Waals surface area contributed by atoms with Crippen LogP contribution in [0.5, 0.6) is 0 Å². The van der Waals surface area contributed by atoms with Crippen LogP contribution in [0.15, 0.2) is 152 Å². The monoisotopic (exact) mass is 674 g/mol. The topological polar surface area (TPSA) is 130 Å². The van der Waals surface area contributed by atoms with E-state index in [-0.39, 0.29) is 11.5 Å². The molecule has 2 heterocycles. The summed E-state index contributed by atoms with van der Waals surface area (Å²) in [5, 5.41) is 41.4. The maximum Gasteiger partial charge on any atom is 0.323 e. The van der Waals surface area contributed by atoms with E-state index in [0.717, 1.165) is 45.1 Å². The molecule has 7 aromatic rings. The molecule has 0 spiro atoms. The van der Waals surface area contributed by atoms with Crippen molar-refractivity contribution >= 4 is 11.5 Å². The molecule has 0 saturated heterocycles. The molecule has 0 bridgehead atoms. The van der Waals surface area contributed by atoms with Crippen LogP contribution < -0.4 is 9.75 Å². The van der Waals surface area contributed by atoms with Gasteiger partial charge in [-0.3, -0.25) is 10.1 Å². The Labute approximate surface area is 294 Å². The van der Waals surface area contributed by atoms with Gasteiger partial charge in [-0.2, -0.15) is 0 Å². The Balaban J connectivity index is 1.32. The molecule has 2 aromatic heterocycles. The predicted octanol–water partition coefficient (Wildman–Crippen LogP) is 7.20. The van der Waals surface area contributed by atoms with Gasteiger partial charge < -0.3 is 10.1 Å². The first kappa shape index (κ1) is 32.8. The van der Waals surface area contributed by atoms with Gasteiger partial charge in [0, 0.05) is 23.8 Å². The van der Waals surface area contributed by atoms with Crippen molar-refractivity contribution in [3.63, 3.8) is 0 Å². The van der Waals surface area contributed by atoms with Gasteiger partial charge in [0.05, 0.1) is 11.0 Å². The van der Waals surface area contributed by atoms with E-state index in [1.54, 1.807) is 4.90 Å². The minimum atomic E-state index is -0.904. The average molecular weight is 675 g/mol. The van der Waals surface area contributed by atoms with Gasteiger partial charge in [0.2, 0.25) is 6.20 Å². The normalized spacial score (nSPS) is 11.3. The number of aromatic nitrogens is 6. The molecule has 0 atom stereocenters. The first-order valence-corrected chi connectivity index (χ1v) is 16.6. The van der Waals surface area contributed by atoms with Gasteiger partial charge in [-0.05, 0) is 50.2 Å². The molecule has 51 heavy (non-hydrogen) atoms. The second-order valence-corrected chi connectivity index (χ2v) is 12.1. The summed E-state index contributed by atoms with van der Waals surface area (Å²) in [6, 6.07) is 48.1. The highest BCUT2D eigenvalue weighted by molar-refractivity contribution is 5.81. The highest BCUT2D eigenvalue weighted by atomic mass is 16.6. The summed E-state index contributed by atoms with van der Waals surface area (Å²) in [6.45, 7) is 2.79. The molecule has 0 saturated carbocycles. The summed E-state index contributed by atoms with van der Waals surface area (Å²) in [4.78, 5) is 13.4. The van der Waals surface area contributed by atoms with Crippen LogP contribution >= 0.6 is 0 Å². The van der Waals surface area contributed by atoms with Crippen molar-refractivity contribution in [1.29, 1.82) is 0 Å². The molecule has 7 rings (SSSR count). The Morgan fingerprint density at radius 3 is 1.84 bits per heavy atom. The third-order valence-electron chi connectivity index (χ3n) is 8.94. The minimum Gasteiger partial charge on any atom is -0.594 e. The lowest BCUT2D eigenvalue weighted by Gasteiger charge is -2.36. The molecular formula is C40H34N8O3. The summed E-state index contributed by atoms with van der Waals surface area (Å²) in [5.41, 5.74) is 5.52. The molecule has 0 aliphatic rings. The van der Waals surface area contributed by atoms with Crippen molar-refractivity contribution in [2.24, 2.45) is 0 Å².